The summed E-state index contributed by atoms with van der Waals surface area (Å²) in [6.07, 6.45) is 2.50. The molecule has 3 rings (SSSR count). The van der Waals surface area contributed by atoms with Crippen LogP contribution in [0.5, 0.6) is 0 Å². The summed E-state index contributed by atoms with van der Waals surface area (Å²) in [6.45, 7) is 9.13. The van der Waals surface area contributed by atoms with E-state index in [9.17, 15) is 9.59 Å². The summed E-state index contributed by atoms with van der Waals surface area (Å²) in [7, 11) is 0. The second-order valence-electron chi connectivity index (χ2n) is 7.86. The number of anilines is 1. The number of benzene rings is 1. The predicted molar refractivity (Wildman–Crippen MR) is 120 cm³/mol. The van der Waals surface area contributed by atoms with Crippen molar-refractivity contribution in [3.8, 4) is 0 Å². The van der Waals surface area contributed by atoms with Gasteiger partial charge in [0, 0.05) is 19.1 Å². The smallest absolute Gasteiger partial charge is 0.261 e. The average Bonchev–Trinajstić information content (AvgIpc) is 3.06. The molecule has 1 saturated heterocycles. The van der Waals surface area contributed by atoms with Gasteiger partial charge in [-0.15, -0.1) is 11.3 Å². The van der Waals surface area contributed by atoms with Gasteiger partial charge >= 0.3 is 0 Å². The van der Waals surface area contributed by atoms with Crippen LogP contribution in [0.15, 0.2) is 30.3 Å². The maximum absolute atomic E-state index is 12.7. The molecule has 1 aromatic carbocycles. The Balaban J connectivity index is 1.58. The van der Waals surface area contributed by atoms with Gasteiger partial charge in [0.05, 0.1) is 20.5 Å². The number of nitrogens with one attached hydrogen (secondary N) is 2. The number of carbonyl (C=O) groups excluding carboxylic acids is 2. The minimum absolute atomic E-state index is 0.0948. The number of nitrogens with zero attached hydrogens (tertiary/aromatic N) is 1. The van der Waals surface area contributed by atoms with Crippen LogP contribution in [0.3, 0.4) is 0 Å². The van der Waals surface area contributed by atoms with Crippen molar-refractivity contribution in [2.75, 3.05) is 25.0 Å². The lowest BCUT2D eigenvalue weighted by Crippen LogP contribution is -2.46. The van der Waals surface area contributed by atoms with Crippen molar-refractivity contribution in [2.24, 2.45) is 5.92 Å². The first-order valence-electron chi connectivity index (χ1n) is 10.0. The average molecular weight is 434 g/mol. The van der Waals surface area contributed by atoms with Crippen LogP contribution in [-0.4, -0.2) is 42.4 Å². The fourth-order valence-electron chi connectivity index (χ4n) is 3.67. The summed E-state index contributed by atoms with van der Waals surface area (Å²) in [5.41, 5.74) is 1.26. The van der Waals surface area contributed by atoms with Crippen molar-refractivity contribution < 1.29 is 9.59 Å². The molecule has 2 unspecified atom stereocenters. The number of likely N-dealkylation sites (tertiary alicyclic amines) is 1. The van der Waals surface area contributed by atoms with E-state index in [1.54, 1.807) is 24.3 Å². The molecule has 1 aliphatic heterocycles. The quantitative estimate of drug-likeness (QED) is 0.687. The van der Waals surface area contributed by atoms with Crippen LogP contribution in [0.4, 0.5) is 5.00 Å². The minimum Gasteiger partial charge on any atom is -0.350 e. The van der Waals surface area contributed by atoms with Gasteiger partial charge in [0.1, 0.15) is 0 Å². The van der Waals surface area contributed by atoms with Crippen LogP contribution in [0.1, 0.15) is 52.3 Å². The number of amides is 2. The van der Waals surface area contributed by atoms with Gasteiger partial charge in [-0.25, -0.2) is 0 Å². The third kappa shape index (κ3) is 5.59. The van der Waals surface area contributed by atoms with Crippen LogP contribution in [0, 0.1) is 12.8 Å². The highest BCUT2D eigenvalue weighted by Gasteiger charge is 2.22. The van der Waals surface area contributed by atoms with Crippen molar-refractivity contribution in [1.82, 2.24) is 10.2 Å². The Morgan fingerprint density at radius 1 is 1.31 bits per heavy atom. The SMILES string of the molecule is Cc1cc(NC(=O)c2ccccc2Cl)sc1C(=O)NCC(C)N1CCCC(C)C1. The van der Waals surface area contributed by atoms with Crippen molar-refractivity contribution in [2.45, 2.75) is 39.7 Å². The summed E-state index contributed by atoms with van der Waals surface area (Å²) >= 11 is 7.37. The Hall–Kier alpha value is -1.89. The number of hydrogen-bond acceptors (Lipinski definition) is 4. The molecule has 29 heavy (non-hydrogen) atoms. The second-order valence-corrected chi connectivity index (χ2v) is 9.32. The zero-order valence-corrected chi connectivity index (χ0v) is 18.7. The molecule has 0 radical (unpaired) electrons. The van der Waals surface area contributed by atoms with E-state index in [-0.39, 0.29) is 11.8 Å². The molecule has 0 bridgehead atoms. The standard InChI is InChI=1S/C22H28ClN3O2S/c1-14-7-6-10-26(13-14)16(3)12-24-22(28)20-15(2)11-19(29-20)25-21(27)17-8-4-5-9-18(17)23/h4-5,8-9,11,14,16H,6-7,10,12-13H2,1-3H3,(H,24,28)(H,25,27). The van der Waals surface area contributed by atoms with E-state index >= 15 is 0 Å². The third-order valence-corrected chi connectivity index (χ3v) is 6.83. The Morgan fingerprint density at radius 2 is 2.07 bits per heavy atom. The second kappa shape index (κ2) is 9.74. The molecule has 1 aliphatic rings. The molecule has 156 valence electrons. The number of carbonyl (C=O) groups is 2. The largest absolute Gasteiger partial charge is 0.350 e. The third-order valence-electron chi connectivity index (χ3n) is 5.35. The first-order chi connectivity index (χ1) is 13.8. The van der Waals surface area contributed by atoms with E-state index in [0.29, 0.717) is 39.0 Å². The van der Waals surface area contributed by atoms with Gasteiger partial charge < -0.3 is 10.6 Å². The molecular formula is C22H28ClN3O2S. The van der Waals surface area contributed by atoms with Gasteiger partial charge in [-0.2, -0.15) is 0 Å². The van der Waals surface area contributed by atoms with E-state index in [4.69, 9.17) is 11.6 Å². The normalized spacial score (nSPS) is 18.3. The lowest BCUT2D eigenvalue weighted by atomic mass is 9.99. The van der Waals surface area contributed by atoms with Gasteiger partial charge in [-0.05, 0) is 62.9 Å². The lowest BCUT2D eigenvalue weighted by Gasteiger charge is -2.35. The molecule has 2 aromatic rings. The monoisotopic (exact) mass is 433 g/mol. The highest BCUT2D eigenvalue weighted by molar-refractivity contribution is 7.18. The molecule has 0 aliphatic carbocycles. The molecule has 1 aromatic heterocycles. The van der Waals surface area contributed by atoms with Gasteiger partial charge in [0.2, 0.25) is 0 Å². The summed E-state index contributed by atoms with van der Waals surface area (Å²) in [6, 6.07) is 9.03. The molecule has 2 atom stereocenters. The first-order valence-corrected chi connectivity index (χ1v) is 11.2. The van der Waals surface area contributed by atoms with Crippen molar-refractivity contribution in [3.63, 3.8) is 0 Å². The maximum Gasteiger partial charge on any atom is 0.261 e. The summed E-state index contributed by atoms with van der Waals surface area (Å²) in [5, 5.41) is 6.93. The molecule has 1 fully saturated rings. The van der Waals surface area contributed by atoms with Gasteiger partial charge in [-0.3, -0.25) is 14.5 Å². The highest BCUT2D eigenvalue weighted by Crippen LogP contribution is 2.28. The van der Waals surface area contributed by atoms with Crippen LogP contribution >= 0.6 is 22.9 Å². The zero-order chi connectivity index (χ0) is 21.0. The summed E-state index contributed by atoms with van der Waals surface area (Å²) < 4.78 is 0. The number of aryl methyl sites for hydroxylation is 1. The topological polar surface area (TPSA) is 61.4 Å². The van der Waals surface area contributed by atoms with Crippen LogP contribution in [0.2, 0.25) is 5.02 Å². The fourth-order valence-corrected chi connectivity index (χ4v) is 4.88. The molecule has 7 heteroatoms. The number of hydrogen-bond donors (Lipinski definition) is 2. The van der Waals surface area contributed by atoms with Crippen molar-refractivity contribution >= 4 is 39.8 Å². The van der Waals surface area contributed by atoms with Gasteiger partial charge in [0.25, 0.3) is 11.8 Å². The Kier molecular flexibility index (Phi) is 7.33. The van der Waals surface area contributed by atoms with Crippen LogP contribution in [0.25, 0.3) is 0 Å². The van der Waals surface area contributed by atoms with Gasteiger partial charge in [-0.1, -0.05) is 30.7 Å². The number of rotatable bonds is 6. The number of thiophene rings is 1. The zero-order valence-electron chi connectivity index (χ0n) is 17.1. The molecule has 2 N–H and O–H groups in total. The van der Waals surface area contributed by atoms with Gasteiger partial charge in [0.15, 0.2) is 0 Å². The number of halogens is 1. The Labute approximate surface area is 181 Å². The maximum atomic E-state index is 12.7. The van der Waals surface area contributed by atoms with E-state index in [2.05, 4.69) is 29.4 Å². The van der Waals surface area contributed by atoms with Crippen molar-refractivity contribution in [3.05, 3.63) is 51.4 Å². The Bertz CT molecular complexity index is 883. The minimum atomic E-state index is -0.281. The number of piperidine rings is 1. The lowest BCUT2D eigenvalue weighted by molar-refractivity contribution is 0.0920. The Morgan fingerprint density at radius 3 is 2.79 bits per heavy atom. The fraction of sp³-hybridized carbons (Fsp3) is 0.455. The first kappa shape index (κ1) is 21.8. The van der Waals surface area contributed by atoms with E-state index in [1.165, 1.54) is 24.2 Å². The molecular weight excluding hydrogens is 406 g/mol. The molecule has 0 saturated carbocycles. The van der Waals surface area contributed by atoms with E-state index in [0.717, 1.165) is 18.7 Å². The highest BCUT2D eigenvalue weighted by atomic mass is 35.5. The molecule has 2 amide bonds. The van der Waals surface area contributed by atoms with E-state index in [1.807, 2.05) is 13.0 Å². The summed E-state index contributed by atoms with van der Waals surface area (Å²) in [4.78, 5) is 28.2. The summed E-state index contributed by atoms with van der Waals surface area (Å²) in [5.74, 6) is 0.338. The predicted octanol–water partition coefficient (Wildman–Crippen LogP) is 4.81. The van der Waals surface area contributed by atoms with Crippen LogP contribution < -0.4 is 10.6 Å². The van der Waals surface area contributed by atoms with E-state index < -0.39 is 0 Å². The molecule has 0 spiro atoms. The van der Waals surface area contributed by atoms with Crippen molar-refractivity contribution in [1.29, 1.82) is 0 Å². The van der Waals surface area contributed by atoms with Crippen LogP contribution in [-0.2, 0) is 0 Å². The molecule has 5 nitrogen and oxygen atoms in total. The molecule has 2 heterocycles.